The number of fused-ring (bicyclic) bond motifs is 1. The highest BCUT2D eigenvalue weighted by Crippen LogP contribution is 2.43. The van der Waals surface area contributed by atoms with Crippen molar-refractivity contribution >= 4 is 47.2 Å². The number of aromatic hydroxyl groups is 2. The number of aryl methyl sites for hydroxylation is 1. The molecule has 2 aliphatic rings. The van der Waals surface area contributed by atoms with E-state index in [1.165, 1.54) is 53.9 Å². The number of aromatic amines is 1. The van der Waals surface area contributed by atoms with Crippen LogP contribution in [-0.4, -0.2) is 91.9 Å². The molecule has 4 aromatic rings. The number of β-lactam (4-membered cyclic amide) rings is 1. The van der Waals surface area contributed by atoms with Gasteiger partial charge in [0.25, 0.3) is 11.8 Å². The number of benzene rings is 2. The molecule has 1 fully saturated rings. The van der Waals surface area contributed by atoms with E-state index < -0.39 is 47.0 Å². The summed E-state index contributed by atoms with van der Waals surface area (Å²) in [6, 6.07) is 13.5. The summed E-state index contributed by atoms with van der Waals surface area (Å²) < 4.78 is 0. The number of carboxylic acid groups (broad SMARTS) is 1. The molecule has 2 aromatic heterocycles. The number of rotatable bonds is 10. The van der Waals surface area contributed by atoms with Crippen LogP contribution in [0, 0.1) is 6.92 Å². The maximum atomic E-state index is 13.7. The smallest absolute Gasteiger partial charge is 0.352 e. The molecule has 246 valence electrons. The lowest BCUT2D eigenvalue weighted by Gasteiger charge is -2.50. The van der Waals surface area contributed by atoms with E-state index in [9.17, 15) is 34.5 Å². The number of carbonyl (C=O) groups is 4. The van der Waals surface area contributed by atoms with Crippen LogP contribution in [0.5, 0.6) is 11.6 Å². The number of phenolic OH excluding ortho intramolecular Hbond substituents is 1. The molecular weight excluding hydrogens is 661 g/mol. The van der Waals surface area contributed by atoms with E-state index in [1.54, 1.807) is 13.0 Å². The normalized spacial score (nSPS) is 18.4. The summed E-state index contributed by atoms with van der Waals surface area (Å²) in [5.41, 5.74) is 2.65. The van der Waals surface area contributed by atoms with E-state index in [2.05, 4.69) is 36.2 Å². The summed E-state index contributed by atoms with van der Waals surface area (Å²) in [7, 11) is 0. The Morgan fingerprint density at radius 1 is 1.06 bits per heavy atom. The van der Waals surface area contributed by atoms with Crippen LogP contribution in [0.3, 0.4) is 0 Å². The van der Waals surface area contributed by atoms with E-state index in [4.69, 9.17) is 0 Å². The number of thioether (sulfide) groups is 2. The van der Waals surface area contributed by atoms with E-state index >= 15 is 0 Å². The molecule has 4 heterocycles. The average Bonchev–Trinajstić information content (AvgIpc) is 3.58. The number of aromatic nitrogens is 5. The Balaban J connectivity index is 1.21. The van der Waals surface area contributed by atoms with Gasteiger partial charge in [0.05, 0.1) is 5.69 Å². The number of carboxylic acids is 1. The van der Waals surface area contributed by atoms with Gasteiger partial charge >= 0.3 is 5.97 Å². The molecule has 48 heavy (non-hydrogen) atoms. The zero-order valence-corrected chi connectivity index (χ0v) is 27.0. The number of pyridine rings is 1. The summed E-state index contributed by atoms with van der Waals surface area (Å²) in [4.78, 5) is 58.2. The monoisotopic (exact) mass is 688 g/mol. The van der Waals surface area contributed by atoms with Gasteiger partial charge in [-0.15, -0.1) is 16.9 Å². The van der Waals surface area contributed by atoms with Gasteiger partial charge in [-0.25, -0.2) is 14.9 Å². The van der Waals surface area contributed by atoms with Crippen LogP contribution in [0.25, 0.3) is 11.3 Å². The van der Waals surface area contributed by atoms with Crippen LogP contribution >= 0.6 is 23.5 Å². The molecular formula is C31H28N8O7S2. The Hall–Kier alpha value is -5.42. The standard InChI is InChI=1S/C31H28N8O7S2/c1-14-3-5-16(6-4-14)21-12-11-19(25(41)32-21)26(42)33-22(17-7-9-18(40)10-8-17)27(43)34-23-28(44)39-24(30(45)46)20(13-47-29(23)39)15(2)48-31-35-37-38-36-31/h3-12,15,22-23,29,40H,13H2,1-2H3,(H,32,41)(H,33,42)(H,34,43)(H,45,46)(H,35,36,37,38)/t15?,22?,23?,29-/m0/s1. The predicted octanol–water partition coefficient (Wildman–Crippen LogP) is 2.37. The number of phenols is 1. The first-order valence-corrected chi connectivity index (χ1v) is 16.4. The molecule has 0 bridgehead atoms. The number of amides is 3. The van der Waals surface area contributed by atoms with Crippen LogP contribution in [0.15, 0.2) is 77.1 Å². The topological polar surface area (TPSA) is 224 Å². The Bertz CT molecular complexity index is 1920. The van der Waals surface area contributed by atoms with Crippen molar-refractivity contribution in [3.63, 3.8) is 0 Å². The van der Waals surface area contributed by atoms with Crippen molar-refractivity contribution in [2.24, 2.45) is 0 Å². The second kappa shape index (κ2) is 13.4. The molecule has 0 saturated carbocycles. The van der Waals surface area contributed by atoms with Gasteiger partial charge in [-0.05, 0) is 59.7 Å². The number of aliphatic carboxylic acids is 1. The maximum Gasteiger partial charge on any atom is 0.352 e. The molecule has 0 aliphatic carbocycles. The van der Waals surface area contributed by atoms with Crippen LogP contribution in [0.2, 0.25) is 0 Å². The molecule has 0 spiro atoms. The number of tetrazole rings is 1. The van der Waals surface area contributed by atoms with Crippen LogP contribution in [0.1, 0.15) is 34.5 Å². The lowest BCUT2D eigenvalue weighted by atomic mass is 10.00. The second-order valence-electron chi connectivity index (χ2n) is 11.0. The van der Waals surface area contributed by atoms with Gasteiger partial charge in [0.15, 0.2) is 0 Å². The van der Waals surface area contributed by atoms with Gasteiger partial charge in [0, 0.05) is 16.6 Å². The lowest BCUT2D eigenvalue weighted by Crippen LogP contribution is -2.71. The lowest BCUT2D eigenvalue weighted by molar-refractivity contribution is -0.151. The molecule has 6 rings (SSSR count). The number of nitrogens with zero attached hydrogens (tertiary/aromatic N) is 5. The fourth-order valence-electron chi connectivity index (χ4n) is 5.32. The largest absolute Gasteiger partial charge is 0.508 e. The fourth-order valence-corrected chi connectivity index (χ4v) is 7.74. The van der Waals surface area contributed by atoms with Gasteiger partial charge in [0.1, 0.15) is 34.5 Å². The first-order chi connectivity index (χ1) is 23.0. The van der Waals surface area contributed by atoms with Crippen LogP contribution in [-0.2, 0) is 14.4 Å². The molecule has 4 atom stereocenters. The third kappa shape index (κ3) is 6.41. The first-order valence-electron chi connectivity index (χ1n) is 14.5. The minimum atomic E-state index is -1.36. The first kappa shape index (κ1) is 32.5. The van der Waals surface area contributed by atoms with Crippen LogP contribution in [0.4, 0.5) is 0 Å². The number of carbonyl (C=O) groups excluding carboxylic acids is 3. The summed E-state index contributed by atoms with van der Waals surface area (Å²) in [6.07, 6.45) is 0. The summed E-state index contributed by atoms with van der Waals surface area (Å²) in [6.45, 7) is 3.72. The van der Waals surface area contributed by atoms with E-state index in [0.717, 1.165) is 16.0 Å². The highest BCUT2D eigenvalue weighted by Gasteiger charge is 2.55. The Morgan fingerprint density at radius 3 is 2.44 bits per heavy atom. The number of H-pyrrole nitrogens is 1. The summed E-state index contributed by atoms with van der Waals surface area (Å²) in [5, 5.41) is 48.6. The molecule has 0 radical (unpaired) electrons. The van der Waals surface area contributed by atoms with Crippen molar-refractivity contribution in [1.82, 2.24) is 41.1 Å². The van der Waals surface area contributed by atoms with Gasteiger partial charge in [0.2, 0.25) is 16.9 Å². The number of hydrogen-bond acceptors (Lipinski definition) is 12. The minimum absolute atomic E-state index is 0.0723. The number of hydrogen-bond donors (Lipinski definition) is 6. The van der Waals surface area contributed by atoms with Gasteiger partial charge in [-0.2, -0.15) is 0 Å². The third-order valence-electron chi connectivity index (χ3n) is 7.83. The molecule has 1 saturated heterocycles. The highest BCUT2D eigenvalue weighted by molar-refractivity contribution is 8.01. The second-order valence-corrected chi connectivity index (χ2v) is 13.4. The molecule has 2 aliphatic heterocycles. The predicted molar refractivity (Wildman–Crippen MR) is 174 cm³/mol. The molecule has 2 aromatic carbocycles. The Kier molecular flexibility index (Phi) is 9.05. The highest BCUT2D eigenvalue weighted by atomic mass is 32.2. The molecule has 3 amide bonds. The zero-order valence-electron chi connectivity index (χ0n) is 25.3. The SMILES string of the molecule is Cc1ccc(-c2ccc(C(=O)NC(C(=O)NC3C(=O)N4C(C(=O)O)=C(C(C)Sc5nnn[nH]5)CS[C@@H]34)c3ccc(O)cc3)c(O)n2)cc1. The Labute approximate surface area is 281 Å². The Morgan fingerprint density at radius 2 is 1.79 bits per heavy atom. The van der Waals surface area contributed by atoms with Crippen molar-refractivity contribution in [2.75, 3.05) is 5.75 Å². The van der Waals surface area contributed by atoms with E-state index in [1.807, 2.05) is 31.2 Å². The van der Waals surface area contributed by atoms with Crippen molar-refractivity contribution in [1.29, 1.82) is 0 Å². The van der Waals surface area contributed by atoms with Gasteiger partial charge in [-0.1, -0.05) is 53.7 Å². The zero-order chi connectivity index (χ0) is 34.1. The minimum Gasteiger partial charge on any atom is -0.508 e. The third-order valence-corrected chi connectivity index (χ3v) is 10.2. The van der Waals surface area contributed by atoms with Crippen LogP contribution < -0.4 is 10.6 Å². The molecule has 3 unspecified atom stereocenters. The maximum absolute atomic E-state index is 13.7. The van der Waals surface area contributed by atoms with Crippen molar-refractivity contribution in [3.05, 3.63) is 88.6 Å². The summed E-state index contributed by atoms with van der Waals surface area (Å²) in [5.74, 6) is -3.84. The van der Waals surface area contributed by atoms with E-state index in [-0.39, 0.29) is 33.6 Å². The molecule has 15 nitrogen and oxygen atoms in total. The number of nitrogens with one attached hydrogen (secondary N) is 3. The van der Waals surface area contributed by atoms with Crippen molar-refractivity contribution < 1.29 is 34.5 Å². The van der Waals surface area contributed by atoms with E-state index in [0.29, 0.717) is 16.4 Å². The summed E-state index contributed by atoms with van der Waals surface area (Å²) >= 11 is 2.50. The quantitative estimate of drug-likeness (QED) is 0.104. The average molecular weight is 689 g/mol. The fraction of sp³-hybridized carbons (Fsp3) is 0.226. The molecule has 6 N–H and O–H groups in total. The van der Waals surface area contributed by atoms with Crippen molar-refractivity contribution in [2.45, 2.75) is 41.7 Å². The van der Waals surface area contributed by atoms with Gasteiger partial charge < -0.3 is 26.0 Å². The van der Waals surface area contributed by atoms with Crippen molar-refractivity contribution in [3.8, 4) is 22.9 Å². The van der Waals surface area contributed by atoms with Gasteiger partial charge in [-0.3, -0.25) is 19.3 Å². The molecule has 17 heteroatoms.